The first-order chi connectivity index (χ1) is 12.3. The minimum absolute atomic E-state index is 0.0611. The molecule has 0 N–H and O–H groups in total. The van der Waals surface area contributed by atoms with Crippen LogP contribution in [0.4, 0.5) is 24.8 Å². The zero-order valence-electron chi connectivity index (χ0n) is 15.2. The van der Waals surface area contributed by atoms with Crippen LogP contribution in [0.2, 0.25) is 0 Å². The number of hydrogen-bond donors (Lipinski definition) is 0. The molecule has 0 atom stereocenters. The van der Waals surface area contributed by atoms with E-state index in [1.165, 1.54) is 7.11 Å². The van der Waals surface area contributed by atoms with Gasteiger partial charge >= 0.3 is 6.18 Å². The summed E-state index contributed by atoms with van der Waals surface area (Å²) in [6, 6.07) is 7.16. The number of nitrogens with zero attached hydrogens (tertiary/aromatic N) is 3. The predicted octanol–water partition coefficient (Wildman–Crippen LogP) is 4.70. The van der Waals surface area contributed by atoms with E-state index in [4.69, 9.17) is 9.47 Å². The summed E-state index contributed by atoms with van der Waals surface area (Å²) in [4.78, 5) is 9.63. The summed E-state index contributed by atoms with van der Waals surface area (Å²) in [5, 5.41) is 0. The molecule has 1 aromatic heterocycles. The molecule has 0 aliphatic rings. The Morgan fingerprint density at radius 2 is 1.88 bits per heavy atom. The van der Waals surface area contributed by atoms with Crippen LogP contribution in [0.1, 0.15) is 26.3 Å². The summed E-state index contributed by atoms with van der Waals surface area (Å²) in [5.74, 6) is 0.279. The molecule has 2 rings (SSSR count). The number of rotatable bonds is 7. The minimum Gasteiger partial charge on any atom is -0.495 e. The summed E-state index contributed by atoms with van der Waals surface area (Å²) in [6.07, 6.45) is -3.83. The van der Waals surface area contributed by atoms with E-state index in [2.05, 4.69) is 9.97 Å². The normalized spacial score (nSPS) is 11.5. The van der Waals surface area contributed by atoms with Crippen molar-refractivity contribution in [2.75, 3.05) is 25.2 Å². The van der Waals surface area contributed by atoms with Gasteiger partial charge in [-0.1, -0.05) is 26.0 Å². The maximum Gasteiger partial charge on any atom is 0.423 e. The number of hydrogen-bond acceptors (Lipinski definition) is 5. The Bertz CT molecular complexity index is 736. The number of aromatic nitrogens is 2. The molecule has 0 radical (unpaired) electrons. The highest BCUT2D eigenvalue weighted by Crippen LogP contribution is 2.37. The van der Waals surface area contributed by atoms with Gasteiger partial charge in [0.15, 0.2) is 0 Å². The second-order valence-corrected chi connectivity index (χ2v) is 6.01. The number of methoxy groups -OCH3 is 1. The summed E-state index contributed by atoms with van der Waals surface area (Å²) in [6.45, 7) is 6.11. The lowest BCUT2D eigenvalue weighted by Crippen LogP contribution is -2.21. The highest BCUT2D eigenvalue weighted by Gasteiger charge is 2.36. The number of alkyl halides is 3. The molecule has 5 nitrogen and oxygen atoms in total. The van der Waals surface area contributed by atoms with Crippen molar-refractivity contribution in [3.05, 3.63) is 36.0 Å². The van der Waals surface area contributed by atoms with E-state index in [1.54, 1.807) is 29.2 Å². The van der Waals surface area contributed by atoms with Crippen LogP contribution in [-0.2, 0) is 6.18 Å². The van der Waals surface area contributed by atoms with Crippen molar-refractivity contribution >= 4 is 11.6 Å². The average molecular weight is 369 g/mol. The molecule has 0 fully saturated rings. The molecular formula is C18H22F3N3O2. The Balaban J connectivity index is 2.49. The van der Waals surface area contributed by atoms with Crippen LogP contribution < -0.4 is 14.4 Å². The molecule has 2 aromatic rings. The lowest BCUT2D eigenvalue weighted by atomic mass is 10.2. The summed E-state index contributed by atoms with van der Waals surface area (Å²) in [5.41, 5.74) is -0.329. The maximum atomic E-state index is 13.2. The first-order valence-corrected chi connectivity index (χ1v) is 8.25. The number of para-hydroxylation sites is 2. The van der Waals surface area contributed by atoms with E-state index in [1.807, 2.05) is 20.8 Å². The molecule has 8 heteroatoms. The molecule has 1 heterocycles. The van der Waals surface area contributed by atoms with Crippen LogP contribution in [0.15, 0.2) is 30.5 Å². The van der Waals surface area contributed by atoms with E-state index in [-0.39, 0.29) is 18.5 Å². The third-order valence-electron chi connectivity index (χ3n) is 3.53. The van der Waals surface area contributed by atoms with Crippen LogP contribution in [0.25, 0.3) is 0 Å². The fourth-order valence-electron chi connectivity index (χ4n) is 2.31. The molecule has 26 heavy (non-hydrogen) atoms. The summed E-state index contributed by atoms with van der Waals surface area (Å²) in [7, 11) is 1.53. The van der Waals surface area contributed by atoms with E-state index < -0.39 is 17.6 Å². The third kappa shape index (κ3) is 4.56. The number of ether oxygens (including phenoxy) is 2. The number of anilines is 2. The number of halogens is 3. The van der Waals surface area contributed by atoms with Crippen molar-refractivity contribution in [2.45, 2.75) is 26.9 Å². The standard InChI is InChI=1S/C18H22F3N3O2/c1-5-24(14-8-6-7-9-15(14)25-4)17-22-10-13(18(19,20)21)16(23-17)26-11-12(2)3/h6-10,12H,5,11H2,1-4H3. The topological polar surface area (TPSA) is 47.5 Å². The first-order valence-electron chi connectivity index (χ1n) is 8.25. The van der Waals surface area contributed by atoms with Gasteiger partial charge in [0.2, 0.25) is 11.8 Å². The smallest absolute Gasteiger partial charge is 0.423 e. The zero-order valence-corrected chi connectivity index (χ0v) is 15.2. The Hall–Kier alpha value is -2.51. The van der Waals surface area contributed by atoms with Gasteiger partial charge < -0.3 is 14.4 Å². The average Bonchev–Trinajstić information content (AvgIpc) is 2.60. The largest absolute Gasteiger partial charge is 0.495 e. The second kappa shape index (κ2) is 8.25. The first kappa shape index (κ1) is 19.8. The molecule has 0 aliphatic heterocycles. The van der Waals surface area contributed by atoms with Crippen LogP contribution in [0.5, 0.6) is 11.6 Å². The van der Waals surface area contributed by atoms with Crippen LogP contribution in [-0.4, -0.2) is 30.2 Å². The van der Waals surface area contributed by atoms with Crippen LogP contribution in [0, 0.1) is 5.92 Å². The Kier molecular flexibility index (Phi) is 6.28. The van der Waals surface area contributed by atoms with Gasteiger partial charge in [0.05, 0.1) is 19.4 Å². The summed E-state index contributed by atoms with van der Waals surface area (Å²) < 4.78 is 50.4. The highest BCUT2D eigenvalue weighted by molar-refractivity contribution is 5.65. The van der Waals surface area contributed by atoms with Gasteiger partial charge in [0.1, 0.15) is 11.3 Å². The molecule has 142 valence electrons. The van der Waals surface area contributed by atoms with Gasteiger partial charge in [-0.25, -0.2) is 4.98 Å². The van der Waals surface area contributed by atoms with Gasteiger partial charge in [-0.05, 0) is 25.0 Å². The zero-order chi connectivity index (χ0) is 19.3. The van der Waals surface area contributed by atoms with E-state index in [9.17, 15) is 13.2 Å². The fraction of sp³-hybridized carbons (Fsp3) is 0.444. The lowest BCUT2D eigenvalue weighted by Gasteiger charge is -2.24. The van der Waals surface area contributed by atoms with Gasteiger partial charge in [-0.15, -0.1) is 0 Å². The van der Waals surface area contributed by atoms with E-state index in [0.717, 1.165) is 6.20 Å². The fourth-order valence-corrected chi connectivity index (χ4v) is 2.31. The molecular weight excluding hydrogens is 347 g/mol. The molecule has 0 unspecified atom stereocenters. The quantitative estimate of drug-likeness (QED) is 0.708. The molecule has 0 saturated heterocycles. The summed E-state index contributed by atoms with van der Waals surface area (Å²) >= 11 is 0. The minimum atomic E-state index is -4.59. The molecule has 0 aliphatic carbocycles. The van der Waals surface area contributed by atoms with Crippen LogP contribution >= 0.6 is 0 Å². The molecule has 0 saturated carbocycles. The second-order valence-electron chi connectivity index (χ2n) is 6.01. The predicted molar refractivity (Wildman–Crippen MR) is 93.0 cm³/mol. The van der Waals surface area contributed by atoms with Gasteiger partial charge in [0.25, 0.3) is 0 Å². The Morgan fingerprint density at radius 3 is 2.46 bits per heavy atom. The number of benzene rings is 1. The van der Waals surface area contributed by atoms with Crippen molar-refractivity contribution in [1.29, 1.82) is 0 Å². The monoisotopic (exact) mass is 369 g/mol. The lowest BCUT2D eigenvalue weighted by molar-refractivity contribution is -0.139. The van der Waals surface area contributed by atoms with Gasteiger partial charge in [-0.3, -0.25) is 0 Å². The SMILES string of the molecule is CCN(c1ncc(C(F)(F)F)c(OCC(C)C)n1)c1ccccc1OC. The van der Waals surface area contributed by atoms with Crippen molar-refractivity contribution in [3.8, 4) is 11.6 Å². The van der Waals surface area contributed by atoms with Crippen LogP contribution in [0.3, 0.4) is 0 Å². The van der Waals surface area contributed by atoms with E-state index >= 15 is 0 Å². The van der Waals surface area contributed by atoms with Crippen molar-refractivity contribution in [3.63, 3.8) is 0 Å². The molecule has 0 bridgehead atoms. The third-order valence-corrected chi connectivity index (χ3v) is 3.53. The van der Waals surface area contributed by atoms with Crippen molar-refractivity contribution in [2.24, 2.45) is 5.92 Å². The van der Waals surface area contributed by atoms with E-state index in [0.29, 0.717) is 18.0 Å². The Labute approximate surface area is 150 Å². The van der Waals surface area contributed by atoms with Gasteiger partial charge in [-0.2, -0.15) is 18.2 Å². The van der Waals surface area contributed by atoms with Crippen molar-refractivity contribution < 1.29 is 22.6 Å². The molecule has 0 spiro atoms. The molecule has 0 amide bonds. The Morgan fingerprint density at radius 1 is 1.19 bits per heavy atom. The van der Waals surface area contributed by atoms with Gasteiger partial charge in [0, 0.05) is 12.7 Å². The maximum absolute atomic E-state index is 13.2. The molecule has 1 aromatic carbocycles. The van der Waals surface area contributed by atoms with Crippen molar-refractivity contribution in [1.82, 2.24) is 9.97 Å². The highest BCUT2D eigenvalue weighted by atomic mass is 19.4.